The van der Waals surface area contributed by atoms with E-state index in [2.05, 4.69) is 24.7 Å². The van der Waals surface area contributed by atoms with Crippen molar-refractivity contribution in [3.8, 4) is 0 Å². The highest BCUT2D eigenvalue weighted by Gasteiger charge is 2.17. The summed E-state index contributed by atoms with van der Waals surface area (Å²) in [6.07, 6.45) is 0.599. The Kier molecular flexibility index (Phi) is 6.09. The van der Waals surface area contributed by atoms with Gasteiger partial charge in [-0.05, 0) is 13.0 Å². The molecule has 20 heavy (non-hydrogen) atoms. The molecule has 0 aromatic carbocycles. The lowest BCUT2D eigenvalue weighted by atomic mass is 10.4. The molecule has 1 heterocycles. The topological polar surface area (TPSA) is 70.4 Å². The van der Waals surface area contributed by atoms with Crippen molar-refractivity contribution in [2.75, 3.05) is 13.2 Å². The van der Waals surface area contributed by atoms with Gasteiger partial charge in [-0.2, -0.15) is 5.10 Å². The smallest absolute Gasteiger partial charge is 0.356 e. The van der Waals surface area contributed by atoms with Crippen LogP contribution in [0.4, 0.5) is 0 Å². The number of nitrogens with zero attached hydrogens (tertiary/aromatic N) is 2. The second-order valence-corrected chi connectivity index (χ2v) is 11.3. The lowest BCUT2D eigenvalue weighted by Crippen LogP contribution is -2.22. The molecule has 0 spiro atoms. The highest BCUT2D eigenvalue weighted by molar-refractivity contribution is 6.76. The molecule has 0 atom stereocenters. The van der Waals surface area contributed by atoms with Gasteiger partial charge in [-0.3, -0.25) is 4.79 Å². The molecule has 7 heteroatoms. The van der Waals surface area contributed by atoms with Crippen LogP contribution in [-0.2, 0) is 16.2 Å². The van der Waals surface area contributed by atoms with Crippen LogP contribution in [0, 0.1) is 0 Å². The van der Waals surface area contributed by atoms with Gasteiger partial charge in [0, 0.05) is 20.7 Å². The number of hydrogen-bond donors (Lipinski definition) is 0. The summed E-state index contributed by atoms with van der Waals surface area (Å²) in [7, 11) is -1.15. The van der Waals surface area contributed by atoms with Crippen molar-refractivity contribution in [1.82, 2.24) is 9.78 Å². The van der Waals surface area contributed by atoms with Crippen molar-refractivity contribution >= 4 is 20.3 Å². The van der Waals surface area contributed by atoms with Crippen LogP contribution < -0.4 is 0 Å². The maximum absolute atomic E-state index is 11.7. The van der Waals surface area contributed by atoms with E-state index in [0.717, 1.165) is 6.04 Å². The Morgan fingerprint density at radius 1 is 1.45 bits per heavy atom. The molecule has 6 nitrogen and oxygen atoms in total. The zero-order valence-corrected chi connectivity index (χ0v) is 13.5. The van der Waals surface area contributed by atoms with Crippen molar-refractivity contribution < 1.29 is 19.1 Å². The molecule has 0 N–H and O–H groups in total. The molecule has 0 aliphatic carbocycles. The molecule has 112 valence electrons. The molecule has 1 aromatic rings. The van der Waals surface area contributed by atoms with E-state index in [1.807, 2.05) is 0 Å². The molecule has 0 unspecified atom stereocenters. The van der Waals surface area contributed by atoms with Gasteiger partial charge < -0.3 is 9.47 Å². The summed E-state index contributed by atoms with van der Waals surface area (Å²) in [5.41, 5.74) is 0.434. The van der Waals surface area contributed by atoms with Crippen molar-refractivity contribution in [3.05, 3.63) is 17.5 Å². The van der Waals surface area contributed by atoms with E-state index >= 15 is 0 Å². The number of carbonyl (C=O) groups excluding carboxylic acids is 2. The molecule has 0 amide bonds. The first-order valence-electron chi connectivity index (χ1n) is 6.65. The number of rotatable bonds is 8. The first-order chi connectivity index (χ1) is 9.37. The lowest BCUT2D eigenvalue weighted by Gasteiger charge is -2.15. The van der Waals surface area contributed by atoms with Crippen LogP contribution >= 0.6 is 0 Å². The van der Waals surface area contributed by atoms with Gasteiger partial charge in [0.15, 0.2) is 6.29 Å². The molecule has 0 fully saturated rings. The Labute approximate surface area is 120 Å². The van der Waals surface area contributed by atoms with Crippen LogP contribution in [0.25, 0.3) is 0 Å². The van der Waals surface area contributed by atoms with Gasteiger partial charge in [-0.25, -0.2) is 9.48 Å². The highest BCUT2D eigenvalue weighted by Crippen LogP contribution is 2.09. The predicted octanol–water partition coefficient (Wildman–Crippen LogP) is 2.18. The van der Waals surface area contributed by atoms with Gasteiger partial charge in [-0.15, -0.1) is 0 Å². The van der Waals surface area contributed by atoms with E-state index in [-0.39, 0.29) is 24.7 Å². The second-order valence-electron chi connectivity index (χ2n) is 5.64. The number of aromatic nitrogens is 2. The minimum Gasteiger partial charge on any atom is -0.461 e. The van der Waals surface area contributed by atoms with Crippen LogP contribution in [0.1, 0.15) is 27.9 Å². The van der Waals surface area contributed by atoms with Gasteiger partial charge in [0.25, 0.3) is 0 Å². The summed E-state index contributed by atoms with van der Waals surface area (Å²) in [5.74, 6) is -0.498. The van der Waals surface area contributed by atoms with Gasteiger partial charge in [0.2, 0.25) is 0 Å². The van der Waals surface area contributed by atoms with Crippen LogP contribution in [0.3, 0.4) is 0 Å². The highest BCUT2D eigenvalue weighted by atomic mass is 28.3. The molecular weight excluding hydrogens is 276 g/mol. The number of carbonyl (C=O) groups is 2. The molecule has 1 aromatic heterocycles. The van der Waals surface area contributed by atoms with Crippen LogP contribution in [0.15, 0.2) is 6.07 Å². The van der Waals surface area contributed by atoms with Crippen molar-refractivity contribution in [2.24, 2.45) is 0 Å². The Morgan fingerprint density at radius 3 is 2.70 bits per heavy atom. The summed E-state index contributed by atoms with van der Waals surface area (Å²) in [5, 5.41) is 4.00. The fourth-order valence-electron chi connectivity index (χ4n) is 1.49. The van der Waals surface area contributed by atoms with E-state index in [9.17, 15) is 9.59 Å². The number of ether oxygens (including phenoxy) is 2. The normalized spacial score (nSPS) is 11.4. The van der Waals surface area contributed by atoms with Crippen molar-refractivity contribution in [1.29, 1.82) is 0 Å². The number of aldehydes is 1. The summed E-state index contributed by atoms with van der Waals surface area (Å²) in [4.78, 5) is 22.5. The number of esters is 1. The lowest BCUT2D eigenvalue weighted by molar-refractivity contribution is 0.0455. The zero-order valence-electron chi connectivity index (χ0n) is 12.5. The molecule has 1 rings (SSSR count). The largest absolute Gasteiger partial charge is 0.461 e. The average molecular weight is 298 g/mol. The summed E-state index contributed by atoms with van der Waals surface area (Å²) in [6, 6.07) is 2.44. The van der Waals surface area contributed by atoms with Crippen LogP contribution in [0.2, 0.25) is 25.7 Å². The van der Waals surface area contributed by atoms with Gasteiger partial charge in [0.1, 0.15) is 18.1 Å². The SMILES string of the molecule is CCOC(=O)c1cc(C=O)nn1COCC[Si](C)(C)C. The third kappa shape index (κ3) is 5.26. The predicted molar refractivity (Wildman–Crippen MR) is 77.7 cm³/mol. The van der Waals surface area contributed by atoms with Gasteiger partial charge in [0.05, 0.1) is 6.61 Å². The third-order valence-electron chi connectivity index (χ3n) is 2.61. The summed E-state index contributed by atoms with van der Waals surface area (Å²) >= 11 is 0. The van der Waals surface area contributed by atoms with Gasteiger partial charge in [-0.1, -0.05) is 19.6 Å². The van der Waals surface area contributed by atoms with E-state index < -0.39 is 14.0 Å². The minimum atomic E-state index is -1.15. The fourth-order valence-corrected chi connectivity index (χ4v) is 2.25. The molecular formula is C13H22N2O4Si. The second kappa shape index (κ2) is 7.35. The van der Waals surface area contributed by atoms with E-state index in [0.29, 0.717) is 12.9 Å². The molecule has 0 aliphatic heterocycles. The maximum Gasteiger partial charge on any atom is 0.356 e. The number of hydrogen-bond acceptors (Lipinski definition) is 5. The Balaban J connectivity index is 2.66. The summed E-state index contributed by atoms with van der Waals surface area (Å²) < 4.78 is 11.8. The van der Waals surface area contributed by atoms with E-state index in [4.69, 9.17) is 9.47 Å². The van der Waals surface area contributed by atoms with Gasteiger partial charge >= 0.3 is 5.97 Å². The average Bonchev–Trinajstić information content (AvgIpc) is 2.77. The minimum absolute atomic E-state index is 0.145. The standard InChI is InChI=1S/C13H22N2O4Si/c1-5-19-13(17)12-8-11(9-16)14-15(12)10-18-6-7-20(2,3)4/h8-9H,5-7,10H2,1-4H3. The first-order valence-corrected chi connectivity index (χ1v) is 10.4. The zero-order chi connectivity index (χ0) is 15.2. The Morgan fingerprint density at radius 2 is 2.15 bits per heavy atom. The van der Waals surface area contributed by atoms with Crippen LogP contribution in [-0.4, -0.2) is 43.3 Å². The van der Waals surface area contributed by atoms with Crippen molar-refractivity contribution in [3.63, 3.8) is 0 Å². The van der Waals surface area contributed by atoms with E-state index in [1.165, 1.54) is 10.7 Å². The van der Waals surface area contributed by atoms with Crippen LogP contribution in [0.5, 0.6) is 0 Å². The molecule has 0 bridgehead atoms. The molecule has 0 radical (unpaired) electrons. The molecule has 0 aliphatic rings. The Hall–Kier alpha value is -1.47. The molecule has 0 saturated carbocycles. The summed E-state index contributed by atoms with van der Waals surface area (Å²) in [6.45, 7) is 9.55. The monoisotopic (exact) mass is 298 g/mol. The van der Waals surface area contributed by atoms with E-state index in [1.54, 1.807) is 6.92 Å². The third-order valence-corrected chi connectivity index (χ3v) is 4.32. The fraction of sp³-hybridized carbons (Fsp3) is 0.615. The molecule has 0 saturated heterocycles. The first kappa shape index (κ1) is 16.6. The maximum atomic E-state index is 11.7. The Bertz CT molecular complexity index is 465. The quantitative estimate of drug-likeness (QED) is 0.318. The van der Waals surface area contributed by atoms with Crippen molar-refractivity contribution in [2.45, 2.75) is 39.3 Å².